The zero-order valence-electron chi connectivity index (χ0n) is 11.7. The Bertz CT molecular complexity index is 672. The van der Waals surface area contributed by atoms with Gasteiger partial charge in [-0.15, -0.1) is 0 Å². The Labute approximate surface area is 134 Å². The molecule has 0 spiro atoms. The van der Waals surface area contributed by atoms with Crippen molar-refractivity contribution >= 4 is 28.9 Å². The summed E-state index contributed by atoms with van der Waals surface area (Å²) in [5.41, 5.74) is 3.29. The smallest absolute Gasteiger partial charge is 0.123 e. The number of nitrogens with zero attached hydrogens (tertiary/aromatic N) is 1. The normalized spacial score (nSPS) is 17.7. The zero-order chi connectivity index (χ0) is 15.0. The third kappa shape index (κ3) is 3.02. The molecule has 0 saturated carbocycles. The van der Waals surface area contributed by atoms with Crippen LogP contribution in [0.4, 0.5) is 10.1 Å². The van der Waals surface area contributed by atoms with E-state index in [1.165, 1.54) is 6.07 Å². The fourth-order valence-corrected chi connectivity index (χ4v) is 3.19. The summed E-state index contributed by atoms with van der Waals surface area (Å²) in [5, 5.41) is 1.13. The van der Waals surface area contributed by atoms with Crippen LogP contribution in [0.1, 0.15) is 24.5 Å². The summed E-state index contributed by atoms with van der Waals surface area (Å²) in [6.07, 6.45) is 1.95. The monoisotopic (exact) mass is 323 g/mol. The van der Waals surface area contributed by atoms with Gasteiger partial charge in [0.1, 0.15) is 5.82 Å². The maximum Gasteiger partial charge on any atom is 0.123 e. The van der Waals surface area contributed by atoms with Gasteiger partial charge in [0, 0.05) is 18.3 Å². The van der Waals surface area contributed by atoms with Gasteiger partial charge in [-0.1, -0.05) is 29.3 Å². The second-order valence-electron chi connectivity index (χ2n) is 5.54. The third-order valence-corrected chi connectivity index (χ3v) is 4.79. The van der Waals surface area contributed by atoms with Gasteiger partial charge in [0.05, 0.1) is 10.0 Å². The number of benzene rings is 2. The van der Waals surface area contributed by atoms with Gasteiger partial charge in [-0.3, -0.25) is 0 Å². The van der Waals surface area contributed by atoms with Crippen LogP contribution in [0.25, 0.3) is 0 Å². The fraction of sp³-hybridized carbons (Fsp3) is 0.294. The third-order valence-electron chi connectivity index (χ3n) is 4.05. The highest BCUT2D eigenvalue weighted by molar-refractivity contribution is 6.42. The molecular formula is C17H16Cl2FN. The fourth-order valence-electron chi connectivity index (χ4n) is 2.87. The van der Waals surface area contributed by atoms with E-state index < -0.39 is 0 Å². The number of hydrogen-bond acceptors (Lipinski definition) is 1. The van der Waals surface area contributed by atoms with E-state index in [-0.39, 0.29) is 5.82 Å². The number of rotatable bonds is 2. The molecule has 2 aromatic rings. The molecule has 110 valence electrons. The topological polar surface area (TPSA) is 3.24 Å². The lowest BCUT2D eigenvalue weighted by Crippen LogP contribution is -2.36. The van der Waals surface area contributed by atoms with Crippen LogP contribution in [0.15, 0.2) is 36.4 Å². The highest BCUT2D eigenvalue weighted by Crippen LogP contribution is 2.33. The molecule has 21 heavy (non-hydrogen) atoms. The van der Waals surface area contributed by atoms with Crippen LogP contribution in [0, 0.1) is 5.82 Å². The maximum atomic E-state index is 13.4. The molecule has 0 amide bonds. The minimum atomic E-state index is -0.169. The van der Waals surface area contributed by atoms with E-state index in [0.29, 0.717) is 16.1 Å². The summed E-state index contributed by atoms with van der Waals surface area (Å²) in [6.45, 7) is 2.94. The molecule has 0 aliphatic carbocycles. The molecule has 0 fully saturated rings. The van der Waals surface area contributed by atoms with Crippen LogP contribution in [-0.2, 0) is 13.0 Å². The van der Waals surface area contributed by atoms with Crippen molar-refractivity contribution in [1.82, 2.24) is 0 Å². The predicted octanol–water partition coefficient (Wildman–Crippen LogP) is 5.47. The standard InChI is InChI=1S/C17H16Cl2FN/c1-11-2-4-13-9-14(20)5-7-17(13)21(11)10-12-3-6-15(18)16(19)8-12/h3,5-9,11H,2,4,10H2,1H3. The second kappa shape index (κ2) is 5.86. The molecule has 3 rings (SSSR count). The Morgan fingerprint density at radius 3 is 2.71 bits per heavy atom. The van der Waals surface area contributed by atoms with Gasteiger partial charge >= 0.3 is 0 Å². The van der Waals surface area contributed by atoms with Crippen LogP contribution in [0.2, 0.25) is 10.0 Å². The van der Waals surface area contributed by atoms with E-state index in [2.05, 4.69) is 11.8 Å². The lowest BCUT2D eigenvalue weighted by atomic mass is 9.96. The van der Waals surface area contributed by atoms with Crippen molar-refractivity contribution in [3.63, 3.8) is 0 Å². The average Bonchev–Trinajstić information content (AvgIpc) is 2.46. The number of anilines is 1. The van der Waals surface area contributed by atoms with E-state index in [1.807, 2.05) is 24.3 Å². The predicted molar refractivity (Wildman–Crippen MR) is 86.8 cm³/mol. The first-order chi connectivity index (χ1) is 10.0. The summed E-state index contributed by atoms with van der Waals surface area (Å²) in [4.78, 5) is 2.30. The number of aryl methyl sites for hydroxylation is 1. The van der Waals surface area contributed by atoms with Crippen molar-refractivity contribution in [3.05, 3.63) is 63.4 Å². The Hall–Kier alpha value is -1.25. The van der Waals surface area contributed by atoms with E-state index in [9.17, 15) is 4.39 Å². The van der Waals surface area contributed by atoms with Crippen molar-refractivity contribution < 1.29 is 4.39 Å². The van der Waals surface area contributed by atoms with Crippen LogP contribution in [0.3, 0.4) is 0 Å². The van der Waals surface area contributed by atoms with Crippen molar-refractivity contribution in [2.75, 3.05) is 4.90 Å². The average molecular weight is 324 g/mol. The molecular weight excluding hydrogens is 308 g/mol. The van der Waals surface area contributed by atoms with Gasteiger partial charge < -0.3 is 4.90 Å². The van der Waals surface area contributed by atoms with Crippen LogP contribution >= 0.6 is 23.2 Å². The molecule has 0 bridgehead atoms. The number of halogens is 3. The summed E-state index contributed by atoms with van der Waals surface area (Å²) in [6, 6.07) is 11.2. The van der Waals surface area contributed by atoms with Gasteiger partial charge in [-0.2, -0.15) is 0 Å². The second-order valence-corrected chi connectivity index (χ2v) is 6.35. The molecule has 0 aromatic heterocycles. The molecule has 2 aromatic carbocycles. The zero-order valence-corrected chi connectivity index (χ0v) is 13.3. The van der Waals surface area contributed by atoms with Gasteiger partial charge in [-0.05, 0) is 61.2 Å². The first kappa shape index (κ1) is 14.7. The largest absolute Gasteiger partial charge is 0.364 e. The van der Waals surface area contributed by atoms with E-state index >= 15 is 0 Å². The van der Waals surface area contributed by atoms with Gasteiger partial charge in [0.2, 0.25) is 0 Å². The molecule has 1 aliphatic rings. The van der Waals surface area contributed by atoms with Gasteiger partial charge in [0.15, 0.2) is 0 Å². The molecule has 0 N–H and O–H groups in total. The molecule has 1 atom stereocenters. The minimum Gasteiger partial charge on any atom is -0.364 e. The van der Waals surface area contributed by atoms with Crippen molar-refractivity contribution in [2.24, 2.45) is 0 Å². The maximum absolute atomic E-state index is 13.4. The Morgan fingerprint density at radius 1 is 1.14 bits per heavy atom. The highest BCUT2D eigenvalue weighted by Gasteiger charge is 2.23. The quantitative estimate of drug-likeness (QED) is 0.707. The van der Waals surface area contributed by atoms with Crippen LogP contribution in [-0.4, -0.2) is 6.04 Å². The Morgan fingerprint density at radius 2 is 1.95 bits per heavy atom. The lowest BCUT2D eigenvalue weighted by Gasteiger charge is -2.37. The first-order valence-electron chi connectivity index (χ1n) is 7.03. The molecule has 1 nitrogen and oxygen atoms in total. The van der Waals surface area contributed by atoms with Crippen LogP contribution in [0.5, 0.6) is 0 Å². The Kier molecular flexibility index (Phi) is 4.10. The van der Waals surface area contributed by atoms with Crippen LogP contribution < -0.4 is 4.90 Å². The van der Waals surface area contributed by atoms with Crippen molar-refractivity contribution in [3.8, 4) is 0 Å². The van der Waals surface area contributed by atoms with E-state index in [0.717, 1.165) is 36.2 Å². The molecule has 4 heteroatoms. The molecule has 1 aliphatic heterocycles. The van der Waals surface area contributed by atoms with E-state index in [1.54, 1.807) is 6.07 Å². The lowest BCUT2D eigenvalue weighted by molar-refractivity contribution is 0.554. The first-order valence-corrected chi connectivity index (χ1v) is 7.79. The number of fused-ring (bicyclic) bond motifs is 1. The molecule has 0 radical (unpaired) electrons. The summed E-state index contributed by atoms with van der Waals surface area (Å²) in [5.74, 6) is -0.169. The van der Waals surface area contributed by atoms with Crippen molar-refractivity contribution in [1.29, 1.82) is 0 Å². The molecule has 0 saturated heterocycles. The van der Waals surface area contributed by atoms with E-state index in [4.69, 9.17) is 23.2 Å². The minimum absolute atomic E-state index is 0.169. The summed E-state index contributed by atoms with van der Waals surface area (Å²) < 4.78 is 13.4. The molecule has 1 unspecified atom stereocenters. The SMILES string of the molecule is CC1CCc2cc(F)ccc2N1Cc1ccc(Cl)c(Cl)c1. The number of hydrogen-bond donors (Lipinski definition) is 0. The summed E-state index contributed by atoms with van der Waals surface area (Å²) >= 11 is 12.1. The van der Waals surface area contributed by atoms with Gasteiger partial charge in [0.25, 0.3) is 0 Å². The Balaban J connectivity index is 1.92. The van der Waals surface area contributed by atoms with Gasteiger partial charge in [-0.25, -0.2) is 4.39 Å². The van der Waals surface area contributed by atoms with Crippen molar-refractivity contribution in [2.45, 2.75) is 32.4 Å². The summed E-state index contributed by atoms with van der Waals surface area (Å²) in [7, 11) is 0. The molecule has 1 heterocycles. The highest BCUT2D eigenvalue weighted by atomic mass is 35.5.